The number of nitrogens with zero attached hydrogens (tertiary/aromatic N) is 4. The van der Waals surface area contributed by atoms with Crippen molar-refractivity contribution >= 4 is 44.3 Å². The summed E-state index contributed by atoms with van der Waals surface area (Å²) in [6.07, 6.45) is 5.11. The number of fused-ring (bicyclic) bond motifs is 1. The van der Waals surface area contributed by atoms with E-state index in [9.17, 15) is 18.8 Å². The van der Waals surface area contributed by atoms with Crippen molar-refractivity contribution in [3.8, 4) is 0 Å². The summed E-state index contributed by atoms with van der Waals surface area (Å²) in [5, 5.41) is 6.33. The molecule has 9 nitrogen and oxygen atoms in total. The molecule has 2 aromatic heterocycles. The van der Waals surface area contributed by atoms with Crippen LogP contribution in [-0.2, 0) is 16.1 Å². The molecule has 5 rings (SSSR count). The molecule has 2 aliphatic rings. The second-order valence-electron chi connectivity index (χ2n) is 8.91. The molecule has 1 saturated heterocycles. The van der Waals surface area contributed by atoms with Crippen LogP contribution in [0.15, 0.2) is 29.3 Å². The molecule has 2 fully saturated rings. The van der Waals surface area contributed by atoms with Gasteiger partial charge in [0.1, 0.15) is 23.4 Å². The minimum Gasteiger partial charge on any atom is -0.353 e. The zero-order chi connectivity index (χ0) is 23.8. The zero-order valence-corrected chi connectivity index (χ0v) is 19.5. The minimum atomic E-state index is -0.461. The number of thiazole rings is 1. The molecule has 2 N–H and O–H groups in total. The zero-order valence-electron chi connectivity index (χ0n) is 18.7. The summed E-state index contributed by atoms with van der Waals surface area (Å²) in [6, 6.07) is 4.75. The first-order valence-corrected chi connectivity index (χ1v) is 12.2. The van der Waals surface area contributed by atoms with Crippen molar-refractivity contribution < 1.29 is 14.0 Å². The molecule has 2 amide bonds. The molecule has 1 aliphatic carbocycles. The Kier molecular flexibility index (Phi) is 6.03. The number of hydrogen-bond donors (Lipinski definition) is 2. The van der Waals surface area contributed by atoms with Crippen LogP contribution in [0.3, 0.4) is 0 Å². The maximum atomic E-state index is 13.7. The van der Waals surface area contributed by atoms with E-state index < -0.39 is 11.7 Å². The van der Waals surface area contributed by atoms with Crippen molar-refractivity contribution in [3.63, 3.8) is 0 Å². The number of rotatable bonds is 6. The Bertz CT molecular complexity index is 1320. The van der Waals surface area contributed by atoms with Crippen molar-refractivity contribution in [1.29, 1.82) is 0 Å². The van der Waals surface area contributed by atoms with Gasteiger partial charge in [-0.1, -0.05) is 17.4 Å². The molecule has 1 saturated carbocycles. The first-order chi connectivity index (χ1) is 16.4. The molecule has 1 aromatic carbocycles. The Labute approximate surface area is 199 Å². The van der Waals surface area contributed by atoms with Gasteiger partial charge in [-0.3, -0.25) is 19.0 Å². The summed E-state index contributed by atoms with van der Waals surface area (Å²) in [4.78, 5) is 48.7. The first-order valence-electron chi connectivity index (χ1n) is 11.3. The highest BCUT2D eigenvalue weighted by Crippen LogP contribution is 2.30. The number of amides is 2. The quantitative estimate of drug-likeness (QED) is 0.556. The predicted molar refractivity (Wildman–Crippen MR) is 128 cm³/mol. The van der Waals surface area contributed by atoms with E-state index in [0.29, 0.717) is 39.3 Å². The van der Waals surface area contributed by atoms with Crippen LogP contribution < -0.4 is 21.1 Å². The van der Waals surface area contributed by atoms with Crippen LogP contribution >= 0.6 is 11.3 Å². The Morgan fingerprint density at radius 2 is 2.09 bits per heavy atom. The van der Waals surface area contributed by atoms with E-state index in [0.717, 1.165) is 32.2 Å². The predicted octanol–water partition coefficient (Wildman–Crippen LogP) is 2.43. The summed E-state index contributed by atoms with van der Waals surface area (Å²) < 4.78 is 15.3. The molecule has 3 aromatic rings. The molecule has 0 bridgehead atoms. The lowest BCUT2D eigenvalue weighted by Crippen LogP contribution is -2.43. The maximum absolute atomic E-state index is 13.7. The molecule has 3 heterocycles. The van der Waals surface area contributed by atoms with Crippen molar-refractivity contribution in [1.82, 2.24) is 19.9 Å². The fourth-order valence-corrected chi connectivity index (χ4v) is 5.02. The first kappa shape index (κ1) is 22.5. The van der Waals surface area contributed by atoms with Crippen LogP contribution in [0.5, 0.6) is 0 Å². The number of halogens is 1. The molecule has 178 valence electrons. The molecule has 34 heavy (non-hydrogen) atoms. The number of anilines is 2. The van der Waals surface area contributed by atoms with Crippen LogP contribution in [0.4, 0.5) is 15.2 Å². The van der Waals surface area contributed by atoms with Crippen molar-refractivity contribution in [2.45, 2.75) is 45.2 Å². The second kappa shape index (κ2) is 9.13. The molecule has 1 aliphatic heterocycles. The van der Waals surface area contributed by atoms with E-state index in [-0.39, 0.29) is 23.9 Å². The van der Waals surface area contributed by atoms with Crippen molar-refractivity contribution in [3.05, 3.63) is 46.3 Å². The fraction of sp³-hybridized carbons (Fsp3) is 0.435. The number of aryl methyl sites for hydroxylation is 1. The molecule has 0 spiro atoms. The summed E-state index contributed by atoms with van der Waals surface area (Å²) >= 11 is 1.23. The molecular weight excluding hydrogens is 459 g/mol. The molecular formula is C23H25FN6O3S. The van der Waals surface area contributed by atoms with Gasteiger partial charge in [-0.2, -0.15) is 4.98 Å². The van der Waals surface area contributed by atoms with Gasteiger partial charge >= 0.3 is 0 Å². The fourth-order valence-electron chi connectivity index (χ4n) is 4.02. The van der Waals surface area contributed by atoms with Gasteiger partial charge < -0.3 is 15.5 Å². The highest BCUT2D eigenvalue weighted by molar-refractivity contribution is 7.22. The average Bonchev–Trinajstić information content (AvgIpc) is 3.52. The third-order valence-electron chi connectivity index (χ3n) is 6.13. The highest BCUT2D eigenvalue weighted by atomic mass is 32.1. The number of aromatic nitrogens is 3. The maximum Gasteiger partial charge on any atom is 0.273 e. The van der Waals surface area contributed by atoms with Gasteiger partial charge in [-0.15, -0.1) is 0 Å². The number of nitrogens with one attached hydrogen (secondary N) is 2. The lowest BCUT2D eigenvalue weighted by atomic mass is 9.97. The number of benzene rings is 1. The average molecular weight is 485 g/mol. The number of carbonyl (C=O) groups excluding carboxylic acids is 2. The van der Waals surface area contributed by atoms with Gasteiger partial charge in [0.15, 0.2) is 10.8 Å². The third-order valence-corrected chi connectivity index (χ3v) is 7.22. The van der Waals surface area contributed by atoms with E-state index in [1.807, 2.05) is 4.90 Å². The summed E-state index contributed by atoms with van der Waals surface area (Å²) in [5.41, 5.74) is 0.764. The van der Waals surface area contributed by atoms with Crippen LogP contribution in [0.2, 0.25) is 0 Å². The van der Waals surface area contributed by atoms with E-state index in [2.05, 4.69) is 20.6 Å². The standard InChI is InChI=1S/C23H25FN6O3S/c1-13-4-5-16(9-17(13)24)26-18(31)11-30-12-25-20-19(22(30)33)34-23(28-20)29-8-2-3-14(10-29)21(32)27-15-6-7-15/h4-5,9,12,14-15H,2-3,6-8,10-11H2,1H3,(H,26,31)(H,27,32). The summed E-state index contributed by atoms with van der Waals surface area (Å²) in [5.74, 6) is -0.883. The lowest BCUT2D eigenvalue weighted by Gasteiger charge is -2.31. The summed E-state index contributed by atoms with van der Waals surface area (Å²) in [7, 11) is 0. The van der Waals surface area contributed by atoms with Gasteiger partial charge in [0, 0.05) is 24.8 Å². The van der Waals surface area contributed by atoms with Gasteiger partial charge in [-0.05, 0) is 50.3 Å². The largest absolute Gasteiger partial charge is 0.353 e. The van der Waals surface area contributed by atoms with E-state index in [1.54, 1.807) is 19.1 Å². The smallest absolute Gasteiger partial charge is 0.273 e. The monoisotopic (exact) mass is 484 g/mol. The van der Waals surface area contributed by atoms with E-state index in [1.165, 1.54) is 28.3 Å². The number of carbonyl (C=O) groups is 2. The lowest BCUT2D eigenvalue weighted by molar-refractivity contribution is -0.125. The Morgan fingerprint density at radius 3 is 2.85 bits per heavy atom. The van der Waals surface area contributed by atoms with Gasteiger partial charge in [0.05, 0.1) is 5.92 Å². The second-order valence-corrected chi connectivity index (χ2v) is 9.88. The molecule has 11 heteroatoms. The van der Waals surface area contributed by atoms with E-state index in [4.69, 9.17) is 0 Å². The van der Waals surface area contributed by atoms with Crippen LogP contribution in [0, 0.1) is 18.7 Å². The topological polar surface area (TPSA) is 109 Å². The van der Waals surface area contributed by atoms with Gasteiger partial charge in [-0.25, -0.2) is 9.37 Å². The van der Waals surface area contributed by atoms with Crippen LogP contribution in [0.25, 0.3) is 10.3 Å². The van der Waals surface area contributed by atoms with Crippen LogP contribution in [0.1, 0.15) is 31.2 Å². The molecule has 1 unspecified atom stereocenters. The van der Waals surface area contributed by atoms with Gasteiger partial charge in [0.25, 0.3) is 5.56 Å². The Morgan fingerprint density at radius 1 is 1.26 bits per heavy atom. The van der Waals surface area contributed by atoms with Crippen molar-refractivity contribution in [2.75, 3.05) is 23.3 Å². The normalized spacial score (nSPS) is 18.2. The number of hydrogen-bond acceptors (Lipinski definition) is 7. The highest BCUT2D eigenvalue weighted by Gasteiger charge is 2.31. The Hall–Kier alpha value is -3.34. The van der Waals surface area contributed by atoms with Gasteiger partial charge in [0.2, 0.25) is 11.8 Å². The summed E-state index contributed by atoms with van der Waals surface area (Å²) in [6.45, 7) is 2.70. The Balaban J connectivity index is 1.29. The third kappa shape index (κ3) is 4.79. The van der Waals surface area contributed by atoms with Crippen molar-refractivity contribution in [2.24, 2.45) is 5.92 Å². The minimum absolute atomic E-state index is 0.0910. The number of piperidine rings is 1. The molecule has 0 radical (unpaired) electrons. The molecule has 1 atom stereocenters. The SMILES string of the molecule is Cc1ccc(NC(=O)Cn2cnc3nc(N4CCCC(C(=O)NC5CC5)C4)sc3c2=O)cc1F. The van der Waals surface area contributed by atoms with Crippen LogP contribution in [-0.4, -0.2) is 45.5 Å². The van der Waals surface area contributed by atoms with E-state index >= 15 is 0 Å².